The van der Waals surface area contributed by atoms with Crippen molar-refractivity contribution in [3.8, 4) is 0 Å². The van der Waals surface area contributed by atoms with Gasteiger partial charge in [-0.25, -0.2) is 0 Å². The molecule has 0 saturated carbocycles. The molecule has 1 aromatic rings. The van der Waals surface area contributed by atoms with Gasteiger partial charge in [0.25, 0.3) is 0 Å². The van der Waals surface area contributed by atoms with Gasteiger partial charge in [0.1, 0.15) is 0 Å². The van der Waals surface area contributed by atoms with E-state index in [-0.39, 0.29) is 23.7 Å². The molecule has 4 rings (SSSR count). The van der Waals surface area contributed by atoms with Crippen LogP contribution in [-0.2, 0) is 15.9 Å². The lowest BCUT2D eigenvalue weighted by Crippen LogP contribution is -2.49. The number of nitrogens with zero attached hydrogens (tertiary/aromatic N) is 1. The maximum absolute atomic E-state index is 6.32. The van der Waals surface area contributed by atoms with Crippen molar-refractivity contribution in [1.82, 2.24) is 4.90 Å². The third kappa shape index (κ3) is 5.69. The molecule has 0 amide bonds. The van der Waals surface area contributed by atoms with E-state index in [2.05, 4.69) is 72.4 Å². The van der Waals surface area contributed by atoms with Crippen LogP contribution in [0, 0.1) is 16.7 Å². The molecule has 6 heteroatoms. The largest absolute Gasteiger partial charge is 0.457 e. The molecular formula is C30H48BCl2NO2. The van der Waals surface area contributed by atoms with E-state index in [1.54, 1.807) is 0 Å². The van der Waals surface area contributed by atoms with Gasteiger partial charge in [-0.05, 0) is 101 Å². The molecule has 0 N–H and O–H groups in total. The van der Waals surface area contributed by atoms with Crippen LogP contribution in [0.4, 0.5) is 0 Å². The molecule has 36 heavy (non-hydrogen) atoms. The van der Waals surface area contributed by atoms with E-state index < -0.39 is 0 Å². The number of halogens is 2. The molecule has 2 bridgehead atoms. The second kappa shape index (κ2) is 10.4. The molecule has 3 unspecified atom stereocenters. The summed E-state index contributed by atoms with van der Waals surface area (Å²) in [6.07, 6.45) is 9.91. The van der Waals surface area contributed by atoms with Crippen molar-refractivity contribution in [2.75, 3.05) is 0 Å². The van der Waals surface area contributed by atoms with Gasteiger partial charge in [0, 0.05) is 18.6 Å². The van der Waals surface area contributed by atoms with Crippen LogP contribution >= 0.6 is 23.2 Å². The van der Waals surface area contributed by atoms with E-state index in [9.17, 15) is 0 Å². The number of hydrogen-bond donors (Lipinski definition) is 0. The molecule has 0 radical (unpaired) electrons. The lowest BCUT2D eigenvalue weighted by Gasteiger charge is -2.53. The lowest BCUT2D eigenvalue weighted by atomic mass is 9.55. The maximum atomic E-state index is 6.32. The Labute approximate surface area is 231 Å². The van der Waals surface area contributed by atoms with Crippen LogP contribution < -0.4 is 0 Å². The number of rotatable bonds is 8. The Morgan fingerprint density at radius 1 is 0.917 bits per heavy atom. The summed E-state index contributed by atoms with van der Waals surface area (Å²) in [7, 11) is -0.0728. The van der Waals surface area contributed by atoms with Crippen molar-refractivity contribution in [1.29, 1.82) is 0 Å². The molecule has 0 aliphatic carbocycles. The smallest absolute Gasteiger partial charge is 0.403 e. The fourth-order valence-corrected chi connectivity index (χ4v) is 7.30. The molecule has 3 nitrogen and oxygen atoms in total. The molecule has 3 fully saturated rings. The quantitative estimate of drug-likeness (QED) is 0.244. The summed E-state index contributed by atoms with van der Waals surface area (Å²) < 4.78 is 12.5. The summed E-state index contributed by atoms with van der Waals surface area (Å²) >= 11 is 12.5. The second-order valence-corrected chi connectivity index (χ2v) is 14.9. The minimum Gasteiger partial charge on any atom is -0.403 e. The minimum absolute atomic E-state index is 0.0728. The van der Waals surface area contributed by atoms with Crippen LogP contribution in [-0.4, -0.2) is 35.3 Å². The van der Waals surface area contributed by atoms with Crippen molar-refractivity contribution < 1.29 is 9.31 Å². The van der Waals surface area contributed by atoms with E-state index in [4.69, 9.17) is 32.5 Å². The van der Waals surface area contributed by atoms with Crippen molar-refractivity contribution >= 4 is 30.3 Å². The van der Waals surface area contributed by atoms with Gasteiger partial charge in [0.15, 0.2) is 0 Å². The van der Waals surface area contributed by atoms with E-state index in [0.29, 0.717) is 27.5 Å². The van der Waals surface area contributed by atoms with Gasteiger partial charge in [-0.3, -0.25) is 4.90 Å². The van der Waals surface area contributed by atoms with Gasteiger partial charge in [-0.2, -0.15) is 0 Å². The first-order valence-electron chi connectivity index (χ1n) is 14.2. The first-order valence-corrected chi connectivity index (χ1v) is 14.9. The van der Waals surface area contributed by atoms with Crippen LogP contribution in [0.1, 0.15) is 106 Å². The monoisotopic (exact) mass is 535 g/mol. The summed E-state index contributed by atoms with van der Waals surface area (Å²) in [5, 5.41) is 1.30. The zero-order chi connectivity index (χ0) is 26.5. The molecular weight excluding hydrogens is 488 g/mol. The molecule has 3 atom stereocenters. The van der Waals surface area contributed by atoms with Crippen LogP contribution in [0.5, 0.6) is 0 Å². The highest BCUT2D eigenvalue weighted by atomic mass is 35.5. The Morgan fingerprint density at radius 2 is 1.50 bits per heavy atom. The number of hydrogen-bond acceptors (Lipinski definition) is 3. The Bertz CT molecular complexity index is 900. The number of unbranched alkanes of at least 4 members (excludes halogenated alkanes) is 1. The fraction of sp³-hybridized carbons (Fsp3) is 0.800. The van der Waals surface area contributed by atoms with Crippen molar-refractivity contribution in [3.63, 3.8) is 0 Å². The van der Waals surface area contributed by atoms with Gasteiger partial charge >= 0.3 is 7.12 Å². The molecule has 3 saturated heterocycles. The van der Waals surface area contributed by atoms with E-state index in [1.165, 1.54) is 44.1 Å². The molecule has 3 heterocycles. The third-order valence-corrected chi connectivity index (χ3v) is 11.3. The molecule has 0 aromatic heterocycles. The first-order chi connectivity index (χ1) is 16.6. The van der Waals surface area contributed by atoms with Crippen molar-refractivity contribution in [2.24, 2.45) is 16.7 Å². The van der Waals surface area contributed by atoms with Crippen LogP contribution in [0.15, 0.2) is 18.2 Å². The summed E-state index contributed by atoms with van der Waals surface area (Å²) in [5.74, 6) is 0.761. The molecule has 3 aliphatic heterocycles. The average Bonchev–Trinajstić information content (AvgIpc) is 3.10. The van der Waals surface area contributed by atoms with Crippen LogP contribution in [0.25, 0.3) is 0 Å². The SMILES string of the molecule is CC(C)(C)C(C)(CCCCB1OC(C)(C)C(C)(C)O1)C1CC2CCC(C1)N2Cc1ccc(Cl)c(Cl)c1. The Balaban J connectivity index is 1.36. The van der Waals surface area contributed by atoms with Crippen molar-refractivity contribution in [3.05, 3.63) is 33.8 Å². The summed E-state index contributed by atoms with van der Waals surface area (Å²) in [4.78, 5) is 2.76. The molecule has 0 spiro atoms. The van der Waals surface area contributed by atoms with Gasteiger partial charge < -0.3 is 9.31 Å². The van der Waals surface area contributed by atoms with Gasteiger partial charge in [-0.1, -0.05) is 69.8 Å². The highest BCUT2D eigenvalue weighted by Crippen LogP contribution is 2.55. The molecule has 1 aromatic carbocycles. The lowest BCUT2D eigenvalue weighted by molar-refractivity contribution is -0.0351. The topological polar surface area (TPSA) is 21.7 Å². The van der Waals surface area contributed by atoms with Crippen molar-refractivity contribution in [2.45, 2.75) is 136 Å². The minimum atomic E-state index is -0.234. The van der Waals surface area contributed by atoms with E-state index >= 15 is 0 Å². The van der Waals surface area contributed by atoms with E-state index in [0.717, 1.165) is 25.2 Å². The number of fused-ring (bicyclic) bond motifs is 2. The Hall–Kier alpha value is -0.255. The summed E-state index contributed by atoms with van der Waals surface area (Å²) in [6, 6.07) is 7.48. The normalized spacial score (nSPS) is 29.5. The van der Waals surface area contributed by atoms with Crippen LogP contribution in [0.2, 0.25) is 16.4 Å². The third-order valence-electron chi connectivity index (χ3n) is 10.5. The number of benzene rings is 1. The summed E-state index contributed by atoms with van der Waals surface area (Å²) in [5.41, 5.74) is 1.40. The maximum Gasteiger partial charge on any atom is 0.457 e. The first kappa shape index (κ1) is 28.7. The fourth-order valence-electron chi connectivity index (χ4n) is 6.98. The van der Waals surface area contributed by atoms with Gasteiger partial charge in [-0.15, -0.1) is 0 Å². The zero-order valence-electron chi connectivity index (χ0n) is 23.9. The van der Waals surface area contributed by atoms with Gasteiger partial charge in [0.05, 0.1) is 21.2 Å². The van der Waals surface area contributed by atoms with Crippen LogP contribution in [0.3, 0.4) is 0 Å². The zero-order valence-corrected chi connectivity index (χ0v) is 25.4. The predicted octanol–water partition coefficient (Wildman–Crippen LogP) is 9.05. The predicted molar refractivity (Wildman–Crippen MR) is 154 cm³/mol. The number of piperidine rings is 1. The standard InChI is InChI=1S/C30H48BCl2NO2/c1-27(2,3)30(8,15-9-10-16-31-35-28(4,5)29(6,7)36-31)22-18-23-12-13-24(19-22)34(23)20-21-11-14-25(32)26(33)17-21/h11,14,17,22-24H,9-10,12-13,15-16,18-20H2,1-8H3. The molecule has 202 valence electrons. The van der Waals surface area contributed by atoms with Gasteiger partial charge in [0.2, 0.25) is 0 Å². The molecule has 3 aliphatic rings. The Morgan fingerprint density at radius 3 is 2.03 bits per heavy atom. The van der Waals surface area contributed by atoms with E-state index in [1.807, 2.05) is 6.07 Å². The highest BCUT2D eigenvalue weighted by Gasteiger charge is 2.52. The Kier molecular flexibility index (Phi) is 8.29. The second-order valence-electron chi connectivity index (χ2n) is 14.1. The summed E-state index contributed by atoms with van der Waals surface area (Å²) in [6.45, 7) is 19.5. The highest BCUT2D eigenvalue weighted by molar-refractivity contribution is 6.45. The average molecular weight is 536 g/mol.